The lowest BCUT2D eigenvalue weighted by molar-refractivity contribution is -0.121. The molecule has 0 aromatic rings. The van der Waals surface area contributed by atoms with Crippen LogP contribution < -0.4 is 10.6 Å². The van der Waals surface area contributed by atoms with Crippen molar-refractivity contribution in [2.24, 2.45) is 17.8 Å². The number of hydrogen-bond acceptors (Lipinski definition) is 3. The van der Waals surface area contributed by atoms with Crippen molar-refractivity contribution in [3.8, 4) is 0 Å². The molecule has 0 spiro atoms. The van der Waals surface area contributed by atoms with E-state index in [0.717, 1.165) is 45.4 Å². The zero-order chi connectivity index (χ0) is 17.5. The van der Waals surface area contributed by atoms with Gasteiger partial charge in [-0.1, -0.05) is 13.8 Å². The second kappa shape index (κ2) is 9.25. The van der Waals surface area contributed by atoms with E-state index in [1.54, 1.807) is 7.05 Å². The Labute approximate surface area is 145 Å². The molecule has 2 unspecified atom stereocenters. The van der Waals surface area contributed by atoms with Crippen LogP contribution in [0.15, 0.2) is 0 Å². The Kier molecular flexibility index (Phi) is 7.34. The van der Waals surface area contributed by atoms with Gasteiger partial charge in [0.05, 0.1) is 6.10 Å². The molecule has 0 aromatic heterocycles. The Hall–Kier alpha value is -1.30. The van der Waals surface area contributed by atoms with Crippen LogP contribution in [0.4, 0.5) is 4.79 Å². The molecule has 0 saturated carbocycles. The van der Waals surface area contributed by atoms with E-state index in [0.29, 0.717) is 30.7 Å². The van der Waals surface area contributed by atoms with Crippen LogP contribution in [-0.4, -0.2) is 56.2 Å². The van der Waals surface area contributed by atoms with Crippen LogP contribution in [0.3, 0.4) is 0 Å². The topological polar surface area (TPSA) is 70.7 Å². The summed E-state index contributed by atoms with van der Waals surface area (Å²) in [6.07, 6.45) is 4.83. The quantitative estimate of drug-likeness (QED) is 0.805. The molecule has 6 heteroatoms. The van der Waals surface area contributed by atoms with Crippen molar-refractivity contribution in [2.75, 3.05) is 33.3 Å². The summed E-state index contributed by atoms with van der Waals surface area (Å²) in [5.41, 5.74) is 0. The summed E-state index contributed by atoms with van der Waals surface area (Å²) in [6.45, 7) is 7.38. The van der Waals surface area contributed by atoms with Gasteiger partial charge in [-0.25, -0.2) is 4.79 Å². The van der Waals surface area contributed by atoms with Crippen LogP contribution >= 0.6 is 0 Å². The predicted molar refractivity (Wildman–Crippen MR) is 93.7 cm³/mol. The number of nitrogens with zero attached hydrogens (tertiary/aromatic N) is 1. The first-order valence-corrected chi connectivity index (χ1v) is 9.36. The van der Waals surface area contributed by atoms with Crippen molar-refractivity contribution in [1.82, 2.24) is 15.5 Å². The summed E-state index contributed by atoms with van der Waals surface area (Å²) in [6, 6.07) is 0.0291. The Morgan fingerprint density at radius 3 is 2.54 bits per heavy atom. The number of rotatable bonds is 5. The molecule has 2 aliphatic heterocycles. The van der Waals surface area contributed by atoms with Gasteiger partial charge >= 0.3 is 6.03 Å². The van der Waals surface area contributed by atoms with E-state index < -0.39 is 0 Å². The minimum Gasteiger partial charge on any atom is -0.378 e. The number of hydrogen-bond donors (Lipinski definition) is 2. The van der Waals surface area contributed by atoms with Gasteiger partial charge in [-0.15, -0.1) is 0 Å². The largest absolute Gasteiger partial charge is 0.378 e. The van der Waals surface area contributed by atoms with Crippen molar-refractivity contribution < 1.29 is 14.3 Å². The first-order valence-electron chi connectivity index (χ1n) is 9.36. The van der Waals surface area contributed by atoms with E-state index in [4.69, 9.17) is 4.74 Å². The molecule has 0 aliphatic carbocycles. The molecule has 2 rings (SSSR count). The minimum absolute atomic E-state index is 0.0291. The molecule has 0 bridgehead atoms. The molecule has 2 aliphatic rings. The molecular weight excluding hydrogens is 306 g/mol. The Morgan fingerprint density at radius 2 is 1.92 bits per heavy atom. The van der Waals surface area contributed by atoms with Crippen molar-refractivity contribution in [3.05, 3.63) is 0 Å². The number of ether oxygens (including phenoxy) is 1. The highest BCUT2D eigenvalue weighted by atomic mass is 16.5. The van der Waals surface area contributed by atoms with Crippen molar-refractivity contribution in [1.29, 1.82) is 0 Å². The molecule has 24 heavy (non-hydrogen) atoms. The zero-order valence-electron chi connectivity index (χ0n) is 15.3. The van der Waals surface area contributed by atoms with E-state index in [1.807, 2.05) is 4.90 Å². The van der Waals surface area contributed by atoms with Crippen LogP contribution in [0.5, 0.6) is 0 Å². The summed E-state index contributed by atoms with van der Waals surface area (Å²) < 4.78 is 5.89. The van der Waals surface area contributed by atoms with Gasteiger partial charge in [-0.3, -0.25) is 4.79 Å². The maximum atomic E-state index is 12.4. The molecule has 138 valence electrons. The molecule has 2 saturated heterocycles. The van der Waals surface area contributed by atoms with Crippen molar-refractivity contribution in [3.63, 3.8) is 0 Å². The standard InChI is InChI=1S/C18H33N3O3/c1-13(2)17-15(5-4-10-24-17)12-20-18(23)21-8-6-14(7-9-21)11-16(22)19-3/h13-15,17H,4-12H2,1-3H3,(H,19,22)(H,20,23). The first kappa shape index (κ1) is 19.0. The second-order valence-electron chi connectivity index (χ2n) is 7.48. The molecule has 6 nitrogen and oxygen atoms in total. The number of carbonyl (C=O) groups is 2. The van der Waals surface area contributed by atoms with E-state index in [-0.39, 0.29) is 18.0 Å². The van der Waals surface area contributed by atoms with Crippen LogP contribution in [0.2, 0.25) is 0 Å². The summed E-state index contributed by atoms with van der Waals surface area (Å²) in [5.74, 6) is 1.38. The lowest BCUT2D eigenvalue weighted by Crippen LogP contribution is -2.48. The van der Waals surface area contributed by atoms with Gasteiger partial charge in [0.15, 0.2) is 0 Å². The lowest BCUT2D eigenvalue weighted by atomic mass is 9.87. The van der Waals surface area contributed by atoms with E-state index in [1.165, 1.54) is 0 Å². The van der Waals surface area contributed by atoms with Crippen LogP contribution in [-0.2, 0) is 9.53 Å². The van der Waals surface area contributed by atoms with Gasteiger partial charge in [0.2, 0.25) is 5.91 Å². The number of likely N-dealkylation sites (tertiary alicyclic amines) is 1. The van der Waals surface area contributed by atoms with Crippen LogP contribution in [0, 0.1) is 17.8 Å². The Bertz CT molecular complexity index is 420. The number of amides is 3. The summed E-state index contributed by atoms with van der Waals surface area (Å²) in [7, 11) is 1.67. The summed E-state index contributed by atoms with van der Waals surface area (Å²) in [5, 5.41) is 5.77. The van der Waals surface area contributed by atoms with Crippen molar-refractivity contribution >= 4 is 11.9 Å². The smallest absolute Gasteiger partial charge is 0.317 e. The molecule has 2 N–H and O–H groups in total. The van der Waals surface area contributed by atoms with Gasteiger partial charge in [0.1, 0.15) is 0 Å². The number of carbonyl (C=O) groups excluding carboxylic acids is 2. The lowest BCUT2D eigenvalue weighted by Gasteiger charge is -2.36. The van der Waals surface area contributed by atoms with E-state index >= 15 is 0 Å². The highest BCUT2D eigenvalue weighted by molar-refractivity contribution is 5.76. The molecular formula is C18H33N3O3. The minimum atomic E-state index is 0.0291. The van der Waals surface area contributed by atoms with Crippen molar-refractivity contribution in [2.45, 2.75) is 52.1 Å². The number of nitrogens with one attached hydrogen (secondary N) is 2. The molecule has 3 amide bonds. The highest BCUT2D eigenvalue weighted by Crippen LogP contribution is 2.26. The zero-order valence-corrected chi connectivity index (χ0v) is 15.3. The van der Waals surface area contributed by atoms with Gasteiger partial charge in [-0.05, 0) is 37.5 Å². The van der Waals surface area contributed by atoms with Gasteiger partial charge in [0.25, 0.3) is 0 Å². The average molecular weight is 339 g/mol. The SMILES string of the molecule is CNC(=O)CC1CCN(C(=O)NCC2CCCOC2C(C)C)CC1. The number of piperidine rings is 1. The molecule has 0 aromatic carbocycles. The third-order valence-corrected chi connectivity index (χ3v) is 5.32. The first-order chi connectivity index (χ1) is 11.5. The fourth-order valence-corrected chi connectivity index (χ4v) is 3.85. The second-order valence-corrected chi connectivity index (χ2v) is 7.48. The maximum absolute atomic E-state index is 12.4. The van der Waals surface area contributed by atoms with E-state index in [2.05, 4.69) is 24.5 Å². The van der Waals surface area contributed by atoms with Gasteiger partial charge in [-0.2, -0.15) is 0 Å². The molecule has 2 heterocycles. The fourth-order valence-electron chi connectivity index (χ4n) is 3.85. The predicted octanol–water partition coefficient (Wildman–Crippen LogP) is 2.00. The number of urea groups is 1. The average Bonchev–Trinajstić information content (AvgIpc) is 2.60. The van der Waals surface area contributed by atoms with Crippen LogP contribution in [0.1, 0.15) is 46.0 Å². The highest BCUT2D eigenvalue weighted by Gasteiger charge is 2.30. The Morgan fingerprint density at radius 1 is 1.21 bits per heavy atom. The normalized spacial score (nSPS) is 25.6. The molecule has 0 radical (unpaired) electrons. The Balaban J connectivity index is 1.72. The summed E-state index contributed by atoms with van der Waals surface area (Å²) in [4.78, 5) is 25.7. The van der Waals surface area contributed by atoms with E-state index in [9.17, 15) is 9.59 Å². The maximum Gasteiger partial charge on any atom is 0.317 e. The fraction of sp³-hybridized carbons (Fsp3) is 0.889. The molecule has 2 fully saturated rings. The summed E-state index contributed by atoms with van der Waals surface area (Å²) >= 11 is 0. The monoisotopic (exact) mass is 339 g/mol. The molecule has 2 atom stereocenters. The van der Waals surface area contributed by atoms with Crippen LogP contribution in [0.25, 0.3) is 0 Å². The third kappa shape index (κ3) is 5.36. The van der Waals surface area contributed by atoms with Gasteiger partial charge in [0, 0.05) is 45.6 Å². The van der Waals surface area contributed by atoms with Gasteiger partial charge < -0.3 is 20.3 Å². The third-order valence-electron chi connectivity index (χ3n) is 5.32.